The van der Waals surface area contributed by atoms with Gasteiger partial charge in [-0.2, -0.15) is 0 Å². The number of carbonyl (C=O) groups excluding carboxylic acids is 3. The third-order valence-electron chi connectivity index (χ3n) is 10.8. The van der Waals surface area contributed by atoms with E-state index in [2.05, 4.69) is 57.2 Å². The Hall–Kier alpha value is -2.37. The highest BCUT2D eigenvalue weighted by molar-refractivity contribution is 5.71. The lowest BCUT2D eigenvalue weighted by molar-refractivity contribution is -0.167. The van der Waals surface area contributed by atoms with Crippen LogP contribution in [0.15, 0.2) is 36.5 Å². The molecule has 0 aliphatic rings. The number of allylic oxidation sites excluding steroid dienone is 6. The number of unbranched alkanes of at least 4 members (excludes halogenated alkanes) is 28. The van der Waals surface area contributed by atoms with Crippen molar-refractivity contribution in [3.05, 3.63) is 36.5 Å². The summed E-state index contributed by atoms with van der Waals surface area (Å²) in [4.78, 5) is 37.8. The normalized spacial score (nSPS) is 12.3. The van der Waals surface area contributed by atoms with Gasteiger partial charge in [0.05, 0.1) is 0 Å². The van der Waals surface area contributed by atoms with Crippen LogP contribution in [0.25, 0.3) is 0 Å². The Balaban J connectivity index is 4.31. The molecule has 0 aromatic heterocycles. The molecule has 0 heterocycles. The van der Waals surface area contributed by atoms with Gasteiger partial charge in [0.2, 0.25) is 0 Å². The molecule has 0 fully saturated rings. The summed E-state index contributed by atoms with van der Waals surface area (Å²) in [6, 6.07) is 0. The standard InChI is InChI=1S/C52H94O6/c1-4-7-10-13-16-19-21-23-24-25-26-27-29-30-33-36-39-42-45-51(54)57-48-49(47-56-50(53)44-41-38-35-32-18-15-12-9-6-3)58-52(55)46-43-40-37-34-31-28-22-20-17-14-11-8-5-2/h11,14,20,22,24-25,49H,4-10,12-13,15-19,21,23,26-48H2,1-3H3/b14-11-,22-20-,25-24-. The molecule has 0 aromatic carbocycles. The molecule has 0 amide bonds. The summed E-state index contributed by atoms with van der Waals surface area (Å²) in [5, 5.41) is 0. The van der Waals surface area contributed by atoms with Crippen LogP contribution in [0.5, 0.6) is 0 Å². The van der Waals surface area contributed by atoms with Crippen LogP contribution in [-0.2, 0) is 28.6 Å². The van der Waals surface area contributed by atoms with Crippen molar-refractivity contribution in [3.63, 3.8) is 0 Å². The number of hydrogen-bond donors (Lipinski definition) is 0. The minimum absolute atomic E-state index is 0.0772. The SMILES string of the molecule is CCC/C=C\C/C=C\CCCCCCCC(=O)OC(COC(=O)CCCCCCCCC/C=C\CCCCCCCCC)COC(=O)CCCCCCCCCCC. The van der Waals surface area contributed by atoms with Crippen LogP contribution in [0.3, 0.4) is 0 Å². The molecule has 6 nitrogen and oxygen atoms in total. The Labute approximate surface area is 359 Å². The highest BCUT2D eigenvalue weighted by Crippen LogP contribution is 2.15. The van der Waals surface area contributed by atoms with Gasteiger partial charge in [-0.3, -0.25) is 14.4 Å². The monoisotopic (exact) mass is 815 g/mol. The minimum Gasteiger partial charge on any atom is -0.462 e. The molecule has 0 N–H and O–H groups in total. The fraction of sp³-hybridized carbons (Fsp3) is 0.827. The second-order valence-electron chi connectivity index (χ2n) is 16.7. The van der Waals surface area contributed by atoms with Crippen molar-refractivity contribution in [2.45, 2.75) is 264 Å². The van der Waals surface area contributed by atoms with E-state index in [0.29, 0.717) is 19.3 Å². The van der Waals surface area contributed by atoms with Gasteiger partial charge in [0.15, 0.2) is 6.10 Å². The van der Waals surface area contributed by atoms with Crippen molar-refractivity contribution in [1.29, 1.82) is 0 Å². The van der Waals surface area contributed by atoms with Crippen LogP contribution in [0.4, 0.5) is 0 Å². The first-order valence-corrected chi connectivity index (χ1v) is 25.0. The lowest BCUT2D eigenvalue weighted by Gasteiger charge is -2.18. The van der Waals surface area contributed by atoms with Crippen LogP contribution >= 0.6 is 0 Å². The first-order valence-electron chi connectivity index (χ1n) is 25.0. The predicted octanol–water partition coefficient (Wildman–Crippen LogP) is 16.1. The smallest absolute Gasteiger partial charge is 0.306 e. The molecule has 0 rings (SSSR count). The topological polar surface area (TPSA) is 78.9 Å². The first-order chi connectivity index (χ1) is 28.5. The Kier molecular flexibility index (Phi) is 45.4. The molecular weight excluding hydrogens is 721 g/mol. The largest absolute Gasteiger partial charge is 0.462 e. The van der Waals surface area contributed by atoms with Gasteiger partial charge in [-0.05, 0) is 70.6 Å². The maximum absolute atomic E-state index is 12.7. The highest BCUT2D eigenvalue weighted by Gasteiger charge is 2.19. The molecular formula is C52H94O6. The molecule has 0 saturated heterocycles. The van der Waals surface area contributed by atoms with E-state index in [1.54, 1.807) is 0 Å². The maximum Gasteiger partial charge on any atom is 0.306 e. The summed E-state index contributed by atoms with van der Waals surface area (Å²) in [5.41, 5.74) is 0. The van der Waals surface area contributed by atoms with Gasteiger partial charge in [-0.15, -0.1) is 0 Å². The molecule has 338 valence electrons. The Morgan fingerprint density at radius 1 is 0.345 bits per heavy atom. The quantitative estimate of drug-likeness (QED) is 0.0264. The van der Waals surface area contributed by atoms with Crippen molar-refractivity contribution in [2.75, 3.05) is 13.2 Å². The number of esters is 3. The van der Waals surface area contributed by atoms with E-state index in [1.807, 2.05) is 0 Å². The van der Waals surface area contributed by atoms with Crippen LogP contribution in [0.1, 0.15) is 258 Å². The second-order valence-corrected chi connectivity index (χ2v) is 16.7. The van der Waals surface area contributed by atoms with E-state index in [9.17, 15) is 14.4 Å². The number of ether oxygens (including phenoxy) is 3. The molecule has 0 aliphatic heterocycles. The molecule has 0 spiro atoms. The Morgan fingerprint density at radius 2 is 0.655 bits per heavy atom. The predicted molar refractivity (Wildman–Crippen MR) is 247 cm³/mol. The summed E-state index contributed by atoms with van der Waals surface area (Å²) in [6.07, 6.45) is 54.2. The lowest BCUT2D eigenvalue weighted by Crippen LogP contribution is -2.30. The minimum atomic E-state index is -0.776. The van der Waals surface area contributed by atoms with Crippen LogP contribution < -0.4 is 0 Å². The van der Waals surface area contributed by atoms with Gasteiger partial charge in [0, 0.05) is 19.3 Å². The average Bonchev–Trinajstić information content (AvgIpc) is 3.22. The van der Waals surface area contributed by atoms with Gasteiger partial charge in [-0.25, -0.2) is 0 Å². The van der Waals surface area contributed by atoms with E-state index in [-0.39, 0.29) is 31.1 Å². The van der Waals surface area contributed by atoms with Gasteiger partial charge in [0.1, 0.15) is 13.2 Å². The molecule has 6 heteroatoms. The van der Waals surface area contributed by atoms with E-state index in [1.165, 1.54) is 128 Å². The molecule has 58 heavy (non-hydrogen) atoms. The molecule has 0 aliphatic carbocycles. The molecule has 1 atom stereocenters. The number of rotatable bonds is 45. The maximum atomic E-state index is 12.7. The summed E-state index contributed by atoms with van der Waals surface area (Å²) in [6.45, 7) is 6.55. The summed E-state index contributed by atoms with van der Waals surface area (Å²) in [7, 11) is 0. The van der Waals surface area contributed by atoms with E-state index in [4.69, 9.17) is 14.2 Å². The first kappa shape index (κ1) is 55.6. The van der Waals surface area contributed by atoms with E-state index >= 15 is 0 Å². The zero-order valence-corrected chi connectivity index (χ0v) is 38.6. The van der Waals surface area contributed by atoms with E-state index < -0.39 is 6.10 Å². The summed E-state index contributed by atoms with van der Waals surface area (Å²) >= 11 is 0. The zero-order chi connectivity index (χ0) is 42.3. The fourth-order valence-electron chi connectivity index (χ4n) is 7.06. The molecule has 0 saturated carbocycles. The van der Waals surface area contributed by atoms with Gasteiger partial charge < -0.3 is 14.2 Å². The van der Waals surface area contributed by atoms with Crippen molar-refractivity contribution in [3.8, 4) is 0 Å². The van der Waals surface area contributed by atoms with Gasteiger partial charge in [-0.1, -0.05) is 205 Å². The second kappa shape index (κ2) is 47.3. The summed E-state index contributed by atoms with van der Waals surface area (Å²) in [5.74, 6) is -0.892. The molecule has 1 unspecified atom stereocenters. The molecule has 0 aromatic rings. The van der Waals surface area contributed by atoms with Crippen molar-refractivity contribution in [1.82, 2.24) is 0 Å². The lowest BCUT2D eigenvalue weighted by atomic mass is 10.1. The number of carbonyl (C=O) groups is 3. The van der Waals surface area contributed by atoms with Crippen molar-refractivity contribution in [2.24, 2.45) is 0 Å². The van der Waals surface area contributed by atoms with Gasteiger partial charge in [0.25, 0.3) is 0 Å². The van der Waals surface area contributed by atoms with E-state index in [0.717, 1.165) is 89.9 Å². The highest BCUT2D eigenvalue weighted by atomic mass is 16.6. The summed E-state index contributed by atoms with van der Waals surface area (Å²) < 4.78 is 16.7. The third-order valence-corrected chi connectivity index (χ3v) is 10.8. The van der Waals surface area contributed by atoms with Gasteiger partial charge >= 0.3 is 17.9 Å². The molecule has 0 radical (unpaired) electrons. The van der Waals surface area contributed by atoms with Crippen molar-refractivity contribution >= 4 is 17.9 Å². The van der Waals surface area contributed by atoms with Crippen molar-refractivity contribution < 1.29 is 28.6 Å². The fourth-order valence-corrected chi connectivity index (χ4v) is 7.06. The third kappa shape index (κ3) is 44.7. The zero-order valence-electron chi connectivity index (χ0n) is 38.6. The Bertz CT molecular complexity index is 984. The van der Waals surface area contributed by atoms with Crippen LogP contribution in [-0.4, -0.2) is 37.2 Å². The number of hydrogen-bond acceptors (Lipinski definition) is 6. The molecule has 0 bridgehead atoms. The Morgan fingerprint density at radius 3 is 1.03 bits per heavy atom. The average molecular weight is 815 g/mol. The van der Waals surface area contributed by atoms with Crippen LogP contribution in [0, 0.1) is 0 Å². The van der Waals surface area contributed by atoms with Crippen LogP contribution in [0.2, 0.25) is 0 Å².